The van der Waals surface area contributed by atoms with E-state index >= 15 is 0 Å². The van der Waals surface area contributed by atoms with Crippen molar-refractivity contribution in [3.8, 4) is 0 Å². The minimum absolute atomic E-state index is 0.414. The maximum atomic E-state index is 12.1. The predicted molar refractivity (Wildman–Crippen MR) is 72.6 cm³/mol. The second kappa shape index (κ2) is 4.19. The molecule has 1 unspecified atom stereocenters. The van der Waals surface area contributed by atoms with Gasteiger partial charge in [-0.25, -0.2) is 0 Å². The number of cyclic esters (lactones) is 2. The molecule has 0 bridgehead atoms. The lowest BCUT2D eigenvalue weighted by Gasteiger charge is -2.31. The number of aryl methyl sites for hydroxylation is 1. The van der Waals surface area contributed by atoms with E-state index in [0.29, 0.717) is 6.42 Å². The van der Waals surface area contributed by atoms with Crippen LogP contribution in [0.2, 0.25) is 0 Å². The highest BCUT2D eigenvalue weighted by Gasteiger charge is 2.60. The van der Waals surface area contributed by atoms with Gasteiger partial charge in [0.2, 0.25) is 0 Å². The molecular formula is C16H20O3. The Balaban J connectivity index is 2.44. The molecule has 1 atom stereocenters. The first kappa shape index (κ1) is 13.8. The number of esters is 2. The van der Waals surface area contributed by atoms with E-state index in [2.05, 4.69) is 0 Å². The molecule has 3 nitrogen and oxygen atoms in total. The molecule has 1 heterocycles. The molecule has 0 N–H and O–H groups in total. The third-order valence-corrected chi connectivity index (χ3v) is 4.79. The molecule has 0 radical (unpaired) electrons. The summed E-state index contributed by atoms with van der Waals surface area (Å²) in [4.78, 5) is 23.9. The van der Waals surface area contributed by atoms with Gasteiger partial charge >= 0.3 is 11.9 Å². The van der Waals surface area contributed by atoms with E-state index in [1.54, 1.807) is 13.8 Å². The molecule has 102 valence electrons. The topological polar surface area (TPSA) is 43.4 Å². The molecule has 1 aliphatic rings. The molecule has 0 amide bonds. The van der Waals surface area contributed by atoms with Crippen molar-refractivity contribution in [1.82, 2.24) is 0 Å². The first-order valence-corrected chi connectivity index (χ1v) is 6.52. The van der Waals surface area contributed by atoms with Gasteiger partial charge in [0.1, 0.15) is 0 Å². The minimum atomic E-state index is -0.803. The highest BCUT2D eigenvalue weighted by atomic mass is 16.6. The summed E-state index contributed by atoms with van der Waals surface area (Å²) in [5.74, 6) is -0.839. The maximum absolute atomic E-state index is 12.1. The van der Waals surface area contributed by atoms with Crippen molar-refractivity contribution in [2.45, 2.75) is 41.0 Å². The quantitative estimate of drug-likeness (QED) is 0.606. The molecular weight excluding hydrogens is 240 g/mol. The Hall–Kier alpha value is -1.64. The highest BCUT2D eigenvalue weighted by molar-refractivity contribution is 6.01. The van der Waals surface area contributed by atoms with Gasteiger partial charge in [-0.05, 0) is 57.7 Å². The Kier molecular flexibility index (Phi) is 3.04. The standard InChI is InChI=1S/C16H20O3/c1-10-7-6-8-12(11(10)2)9-16(5)14(18)19-13(17)15(16,3)4/h6-8H,9H2,1-5H3. The van der Waals surface area contributed by atoms with Gasteiger partial charge in [0.15, 0.2) is 0 Å². The van der Waals surface area contributed by atoms with Crippen LogP contribution in [0, 0.1) is 24.7 Å². The van der Waals surface area contributed by atoms with Crippen molar-refractivity contribution in [3.05, 3.63) is 34.9 Å². The van der Waals surface area contributed by atoms with Crippen molar-refractivity contribution in [3.63, 3.8) is 0 Å². The summed E-state index contributed by atoms with van der Waals surface area (Å²) in [6.45, 7) is 9.48. The number of carbonyl (C=O) groups is 2. The van der Waals surface area contributed by atoms with Gasteiger partial charge in [0, 0.05) is 0 Å². The summed E-state index contributed by atoms with van der Waals surface area (Å²) in [5, 5.41) is 0. The zero-order valence-corrected chi connectivity index (χ0v) is 12.2. The van der Waals surface area contributed by atoms with Crippen LogP contribution < -0.4 is 0 Å². The van der Waals surface area contributed by atoms with E-state index in [1.165, 1.54) is 11.1 Å². The molecule has 1 aromatic rings. The van der Waals surface area contributed by atoms with E-state index in [-0.39, 0.29) is 0 Å². The number of rotatable bonds is 2. The number of ether oxygens (including phenoxy) is 1. The fraction of sp³-hybridized carbons (Fsp3) is 0.500. The van der Waals surface area contributed by atoms with Crippen LogP contribution in [0.15, 0.2) is 18.2 Å². The number of carbonyl (C=O) groups excluding carboxylic acids is 2. The average Bonchev–Trinajstić information content (AvgIpc) is 2.47. The fourth-order valence-corrected chi connectivity index (χ4v) is 2.48. The predicted octanol–water partition coefficient (Wildman–Crippen LogP) is 2.96. The van der Waals surface area contributed by atoms with Gasteiger partial charge in [-0.1, -0.05) is 18.2 Å². The molecule has 0 aromatic heterocycles. The smallest absolute Gasteiger partial charge is 0.320 e. The Morgan fingerprint density at radius 3 is 2.21 bits per heavy atom. The molecule has 1 saturated heterocycles. The second-order valence-corrected chi connectivity index (χ2v) is 6.17. The lowest BCUT2D eigenvalue weighted by molar-refractivity contribution is -0.155. The number of benzene rings is 1. The Bertz CT molecular complexity index is 557. The van der Waals surface area contributed by atoms with E-state index in [9.17, 15) is 9.59 Å². The van der Waals surface area contributed by atoms with Crippen LogP contribution in [0.3, 0.4) is 0 Å². The van der Waals surface area contributed by atoms with Crippen LogP contribution in [0.4, 0.5) is 0 Å². The first-order chi connectivity index (χ1) is 8.70. The van der Waals surface area contributed by atoms with Gasteiger partial charge in [0.05, 0.1) is 10.8 Å². The summed E-state index contributed by atoms with van der Waals surface area (Å²) in [6, 6.07) is 6.04. The molecule has 1 aliphatic heterocycles. The summed E-state index contributed by atoms with van der Waals surface area (Å²) < 4.78 is 4.86. The number of hydrogen-bond acceptors (Lipinski definition) is 3. The van der Waals surface area contributed by atoms with Crippen LogP contribution in [0.5, 0.6) is 0 Å². The highest BCUT2D eigenvalue weighted by Crippen LogP contribution is 2.48. The third-order valence-electron chi connectivity index (χ3n) is 4.79. The zero-order valence-electron chi connectivity index (χ0n) is 12.2. The molecule has 19 heavy (non-hydrogen) atoms. The first-order valence-electron chi connectivity index (χ1n) is 6.52. The Labute approximate surface area is 114 Å². The fourth-order valence-electron chi connectivity index (χ4n) is 2.48. The van der Waals surface area contributed by atoms with Crippen LogP contribution in [0.25, 0.3) is 0 Å². The normalized spacial score (nSPS) is 25.5. The number of hydrogen-bond donors (Lipinski definition) is 0. The maximum Gasteiger partial charge on any atom is 0.320 e. The molecule has 0 aliphatic carbocycles. The van der Waals surface area contributed by atoms with Gasteiger partial charge in [-0.3, -0.25) is 9.59 Å². The SMILES string of the molecule is Cc1cccc(CC2(C)C(=O)OC(=O)C2(C)C)c1C. The minimum Gasteiger partial charge on any atom is -0.392 e. The average molecular weight is 260 g/mol. The van der Waals surface area contributed by atoms with Gasteiger partial charge < -0.3 is 4.74 Å². The summed E-state index contributed by atoms with van der Waals surface area (Å²) in [6.07, 6.45) is 0.526. The summed E-state index contributed by atoms with van der Waals surface area (Å²) >= 11 is 0. The van der Waals surface area contributed by atoms with Gasteiger partial charge in [-0.15, -0.1) is 0 Å². The van der Waals surface area contributed by atoms with E-state index in [1.807, 2.05) is 39.0 Å². The lowest BCUT2D eigenvalue weighted by Crippen LogP contribution is -2.40. The molecule has 2 rings (SSSR count). The molecule has 1 fully saturated rings. The molecule has 1 aromatic carbocycles. The van der Waals surface area contributed by atoms with Gasteiger partial charge in [0.25, 0.3) is 0 Å². The molecule has 0 saturated carbocycles. The summed E-state index contributed by atoms with van der Waals surface area (Å²) in [5.41, 5.74) is 1.87. The van der Waals surface area contributed by atoms with E-state index < -0.39 is 22.8 Å². The van der Waals surface area contributed by atoms with Crippen LogP contribution in [-0.2, 0) is 20.7 Å². The van der Waals surface area contributed by atoms with Crippen LogP contribution >= 0.6 is 0 Å². The lowest BCUT2D eigenvalue weighted by atomic mass is 9.65. The van der Waals surface area contributed by atoms with E-state index in [0.717, 1.165) is 5.56 Å². The van der Waals surface area contributed by atoms with Crippen LogP contribution in [0.1, 0.15) is 37.5 Å². The Morgan fingerprint density at radius 1 is 1.05 bits per heavy atom. The van der Waals surface area contributed by atoms with Gasteiger partial charge in [-0.2, -0.15) is 0 Å². The molecule has 3 heteroatoms. The molecule has 0 spiro atoms. The van der Waals surface area contributed by atoms with Crippen molar-refractivity contribution in [1.29, 1.82) is 0 Å². The largest absolute Gasteiger partial charge is 0.392 e. The Morgan fingerprint density at radius 2 is 1.68 bits per heavy atom. The van der Waals surface area contributed by atoms with Crippen molar-refractivity contribution in [2.75, 3.05) is 0 Å². The monoisotopic (exact) mass is 260 g/mol. The third kappa shape index (κ3) is 1.88. The van der Waals surface area contributed by atoms with Crippen molar-refractivity contribution >= 4 is 11.9 Å². The summed E-state index contributed by atoms with van der Waals surface area (Å²) in [7, 11) is 0. The second-order valence-electron chi connectivity index (χ2n) is 6.17. The van der Waals surface area contributed by atoms with Crippen LogP contribution in [-0.4, -0.2) is 11.9 Å². The van der Waals surface area contributed by atoms with Crippen molar-refractivity contribution < 1.29 is 14.3 Å². The zero-order chi connectivity index (χ0) is 14.4. The van der Waals surface area contributed by atoms with Crippen molar-refractivity contribution in [2.24, 2.45) is 10.8 Å². The van der Waals surface area contributed by atoms with E-state index in [4.69, 9.17) is 4.74 Å².